The Morgan fingerprint density at radius 3 is 2.59 bits per heavy atom. The molecule has 6 heteroatoms. The van der Waals surface area contributed by atoms with Gasteiger partial charge in [0.1, 0.15) is 0 Å². The molecule has 1 atom stereocenters. The summed E-state index contributed by atoms with van der Waals surface area (Å²) in [5.41, 5.74) is 3.11. The van der Waals surface area contributed by atoms with Gasteiger partial charge in [-0.1, -0.05) is 23.8 Å². The first kappa shape index (κ1) is 19.6. The van der Waals surface area contributed by atoms with Crippen LogP contribution in [0.2, 0.25) is 0 Å². The third-order valence-electron chi connectivity index (χ3n) is 5.89. The van der Waals surface area contributed by atoms with Crippen LogP contribution in [0, 0.1) is 12.8 Å². The molecule has 0 aliphatic carbocycles. The van der Waals surface area contributed by atoms with E-state index in [1.807, 2.05) is 55.6 Å². The van der Waals surface area contributed by atoms with Crippen molar-refractivity contribution in [3.8, 4) is 0 Å². The molecule has 2 aromatic rings. The molecule has 1 N–H and O–H groups in total. The average Bonchev–Trinajstić information content (AvgIpc) is 3.13. The standard InChI is InChI=1S/C23H28N4O2/c1-17-5-7-21(8-6-17)27-15-18(14-22(27)28)23(29)25-19-9-12-26(13-10-19)16-20-4-2-3-11-24-20/h2-8,11,18-19H,9-10,12-16H2,1H3,(H,25,29). The third-order valence-corrected chi connectivity index (χ3v) is 5.89. The molecule has 0 radical (unpaired) electrons. The minimum absolute atomic E-state index is 0.0103. The van der Waals surface area contributed by atoms with Gasteiger partial charge in [0.2, 0.25) is 11.8 Å². The Balaban J connectivity index is 1.26. The monoisotopic (exact) mass is 392 g/mol. The summed E-state index contributed by atoms with van der Waals surface area (Å²) in [6, 6.07) is 14.1. The highest BCUT2D eigenvalue weighted by Crippen LogP contribution is 2.26. The quantitative estimate of drug-likeness (QED) is 0.849. The number of hydrogen-bond donors (Lipinski definition) is 1. The number of anilines is 1. The summed E-state index contributed by atoms with van der Waals surface area (Å²) in [4.78, 5) is 33.7. The van der Waals surface area contributed by atoms with Gasteiger partial charge in [0.15, 0.2) is 0 Å². The van der Waals surface area contributed by atoms with Gasteiger partial charge < -0.3 is 10.2 Å². The van der Waals surface area contributed by atoms with Crippen LogP contribution in [0.3, 0.4) is 0 Å². The van der Waals surface area contributed by atoms with Crippen molar-refractivity contribution in [2.24, 2.45) is 5.92 Å². The maximum Gasteiger partial charge on any atom is 0.227 e. The number of amides is 2. The molecule has 0 bridgehead atoms. The van der Waals surface area contributed by atoms with Gasteiger partial charge in [-0.25, -0.2) is 0 Å². The van der Waals surface area contributed by atoms with Gasteiger partial charge in [-0.2, -0.15) is 0 Å². The van der Waals surface area contributed by atoms with E-state index in [-0.39, 0.29) is 30.2 Å². The molecule has 1 unspecified atom stereocenters. The van der Waals surface area contributed by atoms with Crippen LogP contribution in [0.1, 0.15) is 30.5 Å². The maximum absolute atomic E-state index is 12.7. The SMILES string of the molecule is Cc1ccc(N2CC(C(=O)NC3CCN(Cc4ccccn4)CC3)CC2=O)cc1. The second-order valence-corrected chi connectivity index (χ2v) is 8.12. The third kappa shape index (κ3) is 4.82. The molecule has 6 nitrogen and oxygen atoms in total. The highest BCUT2D eigenvalue weighted by molar-refractivity contribution is 6.00. The normalized spacial score (nSPS) is 20.8. The van der Waals surface area contributed by atoms with Crippen LogP contribution in [0.5, 0.6) is 0 Å². The Morgan fingerprint density at radius 2 is 1.90 bits per heavy atom. The van der Waals surface area contributed by atoms with E-state index in [1.165, 1.54) is 0 Å². The number of likely N-dealkylation sites (tertiary alicyclic amines) is 1. The van der Waals surface area contributed by atoms with E-state index in [4.69, 9.17) is 0 Å². The van der Waals surface area contributed by atoms with E-state index >= 15 is 0 Å². The first-order valence-electron chi connectivity index (χ1n) is 10.4. The molecule has 2 saturated heterocycles. The van der Waals surface area contributed by atoms with E-state index in [2.05, 4.69) is 15.2 Å². The Morgan fingerprint density at radius 1 is 1.14 bits per heavy atom. The van der Waals surface area contributed by atoms with Crippen LogP contribution in [0.15, 0.2) is 48.7 Å². The van der Waals surface area contributed by atoms with Crippen molar-refractivity contribution in [3.63, 3.8) is 0 Å². The summed E-state index contributed by atoms with van der Waals surface area (Å²) in [5.74, 6) is -0.231. The molecular formula is C23H28N4O2. The maximum atomic E-state index is 12.7. The number of benzene rings is 1. The van der Waals surface area contributed by atoms with Gasteiger partial charge >= 0.3 is 0 Å². The summed E-state index contributed by atoms with van der Waals surface area (Å²) >= 11 is 0. The number of hydrogen-bond acceptors (Lipinski definition) is 4. The lowest BCUT2D eigenvalue weighted by Crippen LogP contribution is -2.46. The summed E-state index contributed by atoms with van der Waals surface area (Å²) in [6.45, 7) is 5.23. The average molecular weight is 393 g/mol. The molecule has 29 heavy (non-hydrogen) atoms. The van der Waals surface area contributed by atoms with E-state index in [0.29, 0.717) is 6.54 Å². The number of nitrogens with one attached hydrogen (secondary N) is 1. The molecule has 0 spiro atoms. The smallest absolute Gasteiger partial charge is 0.227 e. The van der Waals surface area contributed by atoms with Gasteiger partial charge in [-0.05, 0) is 44.0 Å². The Hall–Kier alpha value is -2.73. The number of aromatic nitrogens is 1. The molecule has 1 aromatic carbocycles. The van der Waals surface area contributed by atoms with Crippen LogP contribution in [0.4, 0.5) is 5.69 Å². The van der Waals surface area contributed by atoms with Gasteiger partial charge in [-0.15, -0.1) is 0 Å². The molecule has 1 aromatic heterocycles. The molecule has 0 saturated carbocycles. The van der Waals surface area contributed by atoms with Crippen LogP contribution >= 0.6 is 0 Å². The fourth-order valence-electron chi connectivity index (χ4n) is 4.13. The lowest BCUT2D eigenvalue weighted by atomic mass is 10.0. The topological polar surface area (TPSA) is 65.5 Å². The van der Waals surface area contributed by atoms with Crippen molar-refractivity contribution < 1.29 is 9.59 Å². The number of rotatable bonds is 5. The highest BCUT2D eigenvalue weighted by Gasteiger charge is 2.36. The minimum atomic E-state index is -0.268. The Bertz CT molecular complexity index is 845. The minimum Gasteiger partial charge on any atom is -0.353 e. The molecule has 3 heterocycles. The molecule has 4 rings (SSSR count). The number of carbonyl (C=O) groups is 2. The number of piperidine rings is 1. The van der Waals surface area contributed by atoms with E-state index in [0.717, 1.165) is 49.4 Å². The number of aryl methyl sites for hydroxylation is 1. The fraction of sp³-hybridized carbons (Fsp3) is 0.435. The molecule has 2 aliphatic heterocycles. The molecule has 2 aliphatic rings. The number of nitrogens with zero attached hydrogens (tertiary/aromatic N) is 3. The summed E-state index contributed by atoms with van der Waals surface area (Å²) in [6.07, 6.45) is 3.98. The van der Waals surface area contributed by atoms with Crippen molar-refractivity contribution in [1.82, 2.24) is 15.2 Å². The van der Waals surface area contributed by atoms with Gasteiger partial charge in [0.25, 0.3) is 0 Å². The van der Waals surface area contributed by atoms with Gasteiger partial charge in [0, 0.05) is 50.5 Å². The van der Waals surface area contributed by atoms with Crippen LogP contribution in [-0.4, -0.2) is 47.4 Å². The Kier molecular flexibility index (Phi) is 5.90. The van der Waals surface area contributed by atoms with Crippen molar-refractivity contribution >= 4 is 17.5 Å². The van der Waals surface area contributed by atoms with Crippen molar-refractivity contribution in [2.75, 3.05) is 24.5 Å². The zero-order chi connectivity index (χ0) is 20.2. The second kappa shape index (κ2) is 8.74. The molecular weight excluding hydrogens is 364 g/mol. The lowest BCUT2D eigenvalue weighted by Gasteiger charge is -2.32. The highest BCUT2D eigenvalue weighted by atomic mass is 16.2. The van der Waals surface area contributed by atoms with Gasteiger partial charge in [-0.3, -0.25) is 19.5 Å². The fourth-order valence-corrected chi connectivity index (χ4v) is 4.13. The summed E-state index contributed by atoms with van der Waals surface area (Å²) < 4.78 is 0. The van der Waals surface area contributed by atoms with Gasteiger partial charge in [0.05, 0.1) is 11.6 Å². The Labute approximate surface area is 171 Å². The van der Waals surface area contributed by atoms with Crippen LogP contribution in [0.25, 0.3) is 0 Å². The second-order valence-electron chi connectivity index (χ2n) is 8.12. The van der Waals surface area contributed by atoms with Crippen molar-refractivity contribution in [3.05, 3.63) is 59.9 Å². The largest absolute Gasteiger partial charge is 0.353 e. The zero-order valence-electron chi connectivity index (χ0n) is 16.9. The predicted molar refractivity (Wildman–Crippen MR) is 112 cm³/mol. The van der Waals surface area contributed by atoms with Crippen molar-refractivity contribution in [2.45, 2.75) is 38.8 Å². The van der Waals surface area contributed by atoms with E-state index in [9.17, 15) is 9.59 Å². The number of carbonyl (C=O) groups excluding carboxylic acids is 2. The summed E-state index contributed by atoms with van der Waals surface area (Å²) in [5, 5.41) is 3.19. The first-order chi connectivity index (χ1) is 14.1. The lowest BCUT2D eigenvalue weighted by molar-refractivity contribution is -0.127. The molecule has 152 valence electrons. The van der Waals surface area contributed by atoms with Crippen LogP contribution in [-0.2, 0) is 16.1 Å². The molecule has 2 amide bonds. The predicted octanol–water partition coefficient (Wildman–Crippen LogP) is 2.52. The van der Waals surface area contributed by atoms with Crippen LogP contribution < -0.4 is 10.2 Å². The molecule has 2 fully saturated rings. The number of pyridine rings is 1. The van der Waals surface area contributed by atoms with E-state index < -0.39 is 0 Å². The van der Waals surface area contributed by atoms with Crippen molar-refractivity contribution in [1.29, 1.82) is 0 Å². The summed E-state index contributed by atoms with van der Waals surface area (Å²) in [7, 11) is 0. The van der Waals surface area contributed by atoms with E-state index in [1.54, 1.807) is 4.90 Å². The zero-order valence-corrected chi connectivity index (χ0v) is 16.9. The first-order valence-corrected chi connectivity index (χ1v) is 10.4.